The molecule has 4 heteroatoms. The van der Waals surface area contributed by atoms with Gasteiger partial charge in [0, 0.05) is 24.7 Å². The summed E-state index contributed by atoms with van der Waals surface area (Å²) in [5.74, 6) is 0.380. The molecule has 4 nitrogen and oxygen atoms in total. The van der Waals surface area contributed by atoms with Gasteiger partial charge in [0.25, 0.3) is 0 Å². The third-order valence-corrected chi connectivity index (χ3v) is 6.26. The monoisotopic (exact) mass is 360 g/mol. The van der Waals surface area contributed by atoms with Crippen LogP contribution >= 0.6 is 0 Å². The zero-order valence-electron chi connectivity index (χ0n) is 16.4. The maximum atomic E-state index is 10.0. The number of rotatable bonds is 8. The molecular formula is C22H36N2O2. The zero-order chi connectivity index (χ0) is 18.2. The third-order valence-electron chi connectivity index (χ3n) is 6.26. The summed E-state index contributed by atoms with van der Waals surface area (Å²) in [4.78, 5) is 2.62. The number of hydrogen-bond donors (Lipinski definition) is 2. The van der Waals surface area contributed by atoms with Crippen molar-refractivity contribution in [1.29, 1.82) is 0 Å². The predicted octanol–water partition coefficient (Wildman–Crippen LogP) is 4.03. The van der Waals surface area contributed by atoms with Gasteiger partial charge in [0.1, 0.15) is 5.75 Å². The third kappa shape index (κ3) is 4.99. The SMILES string of the molecule is CCCCCCNC1(c2cccc(O)c2)CCC(N2CCOCC2)CC1. The van der Waals surface area contributed by atoms with Crippen LogP contribution in [0.5, 0.6) is 5.75 Å². The molecule has 3 rings (SSSR count). The van der Waals surface area contributed by atoms with E-state index in [0.29, 0.717) is 11.8 Å². The van der Waals surface area contributed by atoms with E-state index < -0.39 is 0 Å². The second kappa shape index (κ2) is 9.72. The van der Waals surface area contributed by atoms with Gasteiger partial charge in [-0.15, -0.1) is 0 Å². The second-order valence-corrected chi connectivity index (χ2v) is 8.00. The van der Waals surface area contributed by atoms with Crippen LogP contribution in [0.25, 0.3) is 0 Å². The van der Waals surface area contributed by atoms with Crippen LogP contribution in [-0.4, -0.2) is 48.9 Å². The molecule has 0 unspecified atom stereocenters. The number of phenolic OH excluding ortho intramolecular Hbond substituents is 1. The van der Waals surface area contributed by atoms with Gasteiger partial charge in [-0.2, -0.15) is 0 Å². The van der Waals surface area contributed by atoms with Crippen LogP contribution in [0.3, 0.4) is 0 Å². The first-order valence-corrected chi connectivity index (χ1v) is 10.6. The molecule has 2 N–H and O–H groups in total. The molecule has 1 aliphatic heterocycles. The van der Waals surface area contributed by atoms with Gasteiger partial charge in [-0.05, 0) is 56.3 Å². The molecule has 1 heterocycles. The van der Waals surface area contributed by atoms with E-state index in [1.807, 2.05) is 12.1 Å². The first-order chi connectivity index (χ1) is 12.7. The zero-order valence-corrected chi connectivity index (χ0v) is 16.4. The summed E-state index contributed by atoms with van der Waals surface area (Å²) in [6, 6.07) is 8.60. The van der Waals surface area contributed by atoms with Crippen LogP contribution in [0, 0.1) is 0 Å². The molecule has 0 radical (unpaired) electrons. The minimum Gasteiger partial charge on any atom is -0.508 e. The number of morpholine rings is 1. The lowest BCUT2D eigenvalue weighted by Gasteiger charge is -2.45. The average Bonchev–Trinajstić information content (AvgIpc) is 2.69. The summed E-state index contributed by atoms with van der Waals surface area (Å²) in [5.41, 5.74) is 1.28. The van der Waals surface area contributed by atoms with Crippen LogP contribution in [-0.2, 0) is 10.3 Å². The van der Waals surface area contributed by atoms with Gasteiger partial charge in [0.15, 0.2) is 0 Å². The number of ether oxygens (including phenoxy) is 1. The highest BCUT2D eigenvalue weighted by atomic mass is 16.5. The summed E-state index contributed by atoms with van der Waals surface area (Å²) in [5, 5.41) is 13.9. The second-order valence-electron chi connectivity index (χ2n) is 8.00. The molecule has 1 aromatic rings. The fourth-order valence-electron chi connectivity index (χ4n) is 4.65. The van der Waals surface area contributed by atoms with Gasteiger partial charge in [0.2, 0.25) is 0 Å². The smallest absolute Gasteiger partial charge is 0.115 e. The van der Waals surface area contributed by atoms with Crippen LogP contribution in [0.1, 0.15) is 63.9 Å². The van der Waals surface area contributed by atoms with E-state index in [4.69, 9.17) is 4.74 Å². The molecule has 1 saturated carbocycles. The van der Waals surface area contributed by atoms with Crippen molar-refractivity contribution in [2.45, 2.75) is 69.9 Å². The van der Waals surface area contributed by atoms with Crippen molar-refractivity contribution in [3.8, 4) is 5.75 Å². The highest BCUT2D eigenvalue weighted by Crippen LogP contribution is 2.39. The fraction of sp³-hybridized carbons (Fsp3) is 0.727. The number of benzene rings is 1. The summed E-state index contributed by atoms with van der Waals surface area (Å²) in [6.45, 7) is 7.24. The molecule has 0 bridgehead atoms. The van der Waals surface area contributed by atoms with Crippen molar-refractivity contribution in [2.24, 2.45) is 0 Å². The van der Waals surface area contributed by atoms with E-state index in [1.165, 1.54) is 44.1 Å². The molecule has 0 spiro atoms. The topological polar surface area (TPSA) is 44.7 Å². The molecule has 0 atom stereocenters. The van der Waals surface area contributed by atoms with E-state index in [9.17, 15) is 5.11 Å². The number of unbranched alkanes of at least 4 members (excludes halogenated alkanes) is 3. The largest absolute Gasteiger partial charge is 0.508 e. The van der Waals surface area contributed by atoms with E-state index in [1.54, 1.807) is 6.07 Å². The van der Waals surface area contributed by atoms with Gasteiger partial charge >= 0.3 is 0 Å². The average molecular weight is 361 g/mol. The Balaban J connectivity index is 1.64. The Morgan fingerprint density at radius 3 is 2.62 bits per heavy atom. The first kappa shape index (κ1) is 19.7. The standard InChI is InChI=1S/C22H36N2O2/c1-2-3-4-5-13-23-22(19-7-6-8-21(25)18-19)11-9-20(10-12-22)24-14-16-26-17-15-24/h6-8,18,20,23,25H,2-5,9-17H2,1H3. The Morgan fingerprint density at radius 2 is 1.92 bits per heavy atom. The number of hydrogen-bond acceptors (Lipinski definition) is 4. The van der Waals surface area contributed by atoms with Crippen molar-refractivity contribution in [3.63, 3.8) is 0 Å². The highest BCUT2D eigenvalue weighted by molar-refractivity contribution is 5.33. The predicted molar refractivity (Wildman–Crippen MR) is 107 cm³/mol. The fourth-order valence-corrected chi connectivity index (χ4v) is 4.65. The lowest BCUT2D eigenvalue weighted by atomic mass is 9.74. The van der Waals surface area contributed by atoms with Gasteiger partial charge in [-0.25, -0.2) is 0 Å². The molecule has 0 aromatic heterocycles. The summed E-state index contributed by atoms with van der Waals surface area (Å²) in [6.07, 6.45) is 9.86. The van der Waals surface area contributed by atoms with Crippen LogP contribution in [0.2, 0.25) is 0 Å². The van der Waals surface area contributed by atoms with Gasteiger partial charge < -0.3 is 15.2 Å². The van der Waals surface area contributed by atoms with Gasteiger partial charge in [-0.3, -0.25) is 4.90 Å². The van der Waals surface area contributed by atoms with Crippen molar-refractivity contribution in [3.05, 3.63) is 29.8 Å². The van der Waals surface area contributed by atoms with E-state index in [-0.39, 0.29) is 5.54 Å². The Labute approximate surface area is 158 Å². The molecule has 26 heavy (non-hydrogen) atoms. The summed E-state index contributed by atoms with van der Waals surface area (Å²) < 4.78 is 5.52. The van der Waals surface area contributed by atoms with E-state index in [2.05, 4.69) is 23.2 Å². The van der Waals surface area contributed by atoms with E-state index >= 15 is 0 Å². The van der Waals surface area contributed by atoms with Crippen molar-refractivity contribution >= 4 is 0 Å². The maximum Gasteiger partial charge on any atom is 0.115 e. The highest BCUT2D eigenvalue weighted by Gasteiger charge is 2.38. The molecule has 2 aliphatic rings. The van der Waals surface area contributed by atoms with Crippen LogP contribution < -0.4 is 5.32 Å². The Bertz CT molecular complexity index is 535. The quantitative estimate of drug-likeness (QED) is 0.687. The number of phenols is 1. The molecule has 146 valence electrons. The molecule has 1 aliphatic carbocycles. The number of nitrogens with zero attached hydrogens (tertiary/aromatic N) is 1. The number of nitrogens with one attached hydrogen (secondary N) is 1. The molecule has 0 amide bonds. The van der Waals surface area contributed by atoms with Crippen LogP contribution in [0.4, 0.5) is 0 Å². The molecule has 2 fully saturated rings. The maximum absolute atomic E-state index is 10.0. The van der Waals surface area contributed by atoms with Crippen molar-refractivity contribution in [1.82, 2.24) is 10.2 Å². The minimum atomic E-state index is 0.0216. The lowest BCUT2D eigenvalue weighted by molar-refractivity contribution is 0.000468. The molecule has 1 saturated heterocycles. The van der Waals surface area contributed by atoms with E-state index in [0.717, 1.165) is 45.7 Å². The summed E-state index contributed by atoms with van der Waals surface area (Å²) in [7, 11) is 0. The normalized spacial score (nSPS) is 27.5. The Kier molecular flexibility index (Phi) is 7.35. The molecule has 1 aromatic carbocycles. The molecular weight excluding hydrogens is 324 g/mol. The van der Waals surface area contributed by atoms with Crippen molar-refractivity contribution < 1.29 is 9.84 Å². The van der Waals surface area contributed by atoms with Crippen LogP contribution in [0.15, 0.2) is 24.3 Å². The number of aromatic hydroxyl groups is 1. The lowest BCUT2D eigenvalue weighted by Crippen LogP contribution is -2.51. The van der Waals surface area contributed by atoms with Gasteiger partial charge in [0.05, 0.1) is 13.2 Å². The van der Waals surface area contributed by atoms with Gasteiger partial charge in [-0.1, -0.05) is 38.3 Å². The first-order valence-electron chi connectivity index (χ1n) is 10.6. The Morgan fingerprint density at radius 1 is 1.15 bits per heavy atom. The minimum absolute atomic E-state index is 0.0216. The summed E-state index contributed by atoms with van der Waals surface area (Å²) >= 11 is 0. The Hall–Kier alpha value is -1.10. The van der Waals surface area contributed by atoms with Crippen molar-refractivity contribution in [2.75, 3.05) is 32.8 Å².